The van der Waals surface area contributed by atoms with Gasteiger partial charge in [0.15, 0.2) is 11.6 Å². The summed E-state index contributed by atoms with van der Waals surface area (Å²) in [5.41, 5.74) is -0.353. The quantitative estimate of drug-likeness (QED) is 0.871. The van der Waals surface area contributed by atoms with Crippen molar-refractivity contribution < 1.29 is 27.8 Å². The topological polar surface area (TPSA) is 46.5 Å². The first-order valence-corrected chi connectivity index (χ1v) is 4.82. The van der Waals surface area contributed by atoms with Gasteiger partial charge in [0.05, 0.1) is 7.11 Å². The second kappa shape index (κ2) is 5.56. The van der Waals surface area contributed by atoms with Gasteiger partial charge in [-0.1, -0.05) is 0 Å². The number of carboxylic acid groups (broad SMARTS) is 1. The molecule has 0 aliphatic carbocycles. The number of carboxylic acids is 1. The molecule has 0 aliphatic rings. The molecule has 1 N–H and O–H groups in total. The van der Waals surface area contributed by atoms with E-state index in [0.29, 0.717) is 6.07 Å². The molecule has 0 amide bonds. The lowest BCUT2D eigenvalue weighted by atomic mass is 10.0. The molecule has 0 aromatic heterocycles. The Hall–Kier alpha value is -1.72. The summed E-state index contributed by atoms with van der Waals surface area (Å²) >= 11 is 0. The lowest BCUT2D eigenvalue weighted by Crippen LogP contribution is -2.02. The molecule has 1 aromatic rings. The van der Waals surface area contributed by atoms with Crippen molar-refractivity contribution in [2.75, 3.05) is 7.11 Å². The summed E-state index contributed by atoms with van der Waals surface area (Å²) in [5.74, 6) is -2.18. The van der Waals surface area contributed by atoms with Crippen LogP contribution in [0, 0.1) is 5.82 Å². The van der Waals surface area contributed by atoms with E-state index >= 15 is 0 Å². The van der Waals surface area contributed by atoms with Crippen molar-refractivity contribution in [3.8, 4) is 5.75 Å². The van der Waals surface area contributed by atoms with Crippen molar-refractivity contribution in [2.24, 2.45) is 0 Å². The van der Waals surface area contributed by atoms with Crippen LogP contribution < -0.4 is 4.74 Å². The number of carbonyl (C=O) groups is 1. The van der Waals surface area contributed by atoms with Gasteiger partial charge in [0.1, 0.15) is 0 Å². The molecule has 17 heavy (non-hydrogen) atoms. The Morgan fingerprint density at radius 1 is 1.47 bits per heavy atom. The van der Waals surface area contributed by atoms with Gasteiger partial charge in [-0.2, -0.15) is 0 Å². The number of aliphatic carboxylic acids is 1. The number of hydrogen-bond donors (Lipinski definition) is 1. The van der Waals surface area contributed by atoms with E-state index in [1.54, 1.807) is 0 Å². The van der Waals surface area contributed by atoms with Crippen LogP contribution in [-0.2, 0) is 11.2 Å². The molecule has 0 saturated carbocycles. The van der Waals surface area contributed by atoms with Crippen LogP contribution in [0.3, 0.4) is 0 Å². The molecule has 0 saturated heterocycles. The molecule has 3 nitrogen and oxygen atoms in total. The van der Waals surface area contributed by atoms with E-state index in [-0.39, 0.29) is 24.2 Å². The summed E-state index contributed by atoms with van der Waals surface area (Å²) in [6.07, 6.45) is -3.14. The highest BCUT2D eigenvalue weighted by Crippen LogP contribution is 2.30. The Kier molecular flexibility index (Phi) is 4.37. The smallest absolute Gasteiger partial charge is 0.303 e. The van der Waals surface area contributed by atoms with Gasteiger partial charge in [0, 0.05) is 12.0 Å². The minimum Gasteiger partial charge on any atom is -0.493 e. The van der Waals surface area contributed by atoms with E-state index in [1.165, 1.54) is 7.11 Å². The number of rotatable bonds is 5. The predicted octanol–water partition coefficient (Wildman–Crippen LogP) is 2.79. The number of hydrogen-bond acceptors (Lipinski definition) is 2. The van der Waals surface area contributed by atoms with Gasteiger partial charge in [0.2, 0.25) is 0 Å². The normalized spacial score (nSPS) is 10.6. The molecule has 0 atom stereocenters. The first kappa shape index (κ1) is 13.3. The molecule has 0 spiro atoms. The van der Waals surface area contributed by atoms with Crippen molar-refractivity contribution in [1.29, 1.82) is 0 Å². The number of ether oxygens (including phenoxy) is 1. The van der Waals surface area contributed by atoms with Crippen molar-refractivity contribution >= 4 is 5.97 Å². The fourth-order valence-corrected chi connectivity index (χ4v) is 1.46. The minimum absolute atomic E-state index is 0.0595. The molecule has 1 rings (SSSR count). The maximum Gasteiger partial charge on any atom is 0.303 e. The summed E-state index contributed by atoms with van der Waals surface area (Å²) in [7, 11) is 1.20. The van der Waals surface area contributed by atoms with Crippen LogP contribution in [0.1, 0.15) is 24.0 Å². The molecule has 94 valence electrons. The van der Waals surface area contributed by atoms with Crippen molar-refractivity contribution in [3.63, 3.8) is 0 Å². The van der Waals surface area contributed by atoms with Crippen LogP contribution in [0.2, 0.25) is 0 Å². The van der Waals surface area contributed by atoms with Gasteiger partial charge >= 0.3 is 5.97 Å². The molecule has 0 aliphatic heterocycles. The zero-order valence-electron chi connectivity index (χ0n) is 9.04. The average molecular weight is 248 g/mol. The lowest BCUT2D eigenvalue weighted by Gasteiger charge is -2.11. The van der Waals surface area contributed by atoms with Crippen LogP contribution in [0.15, 0.2) is 12.1 Å². The third kappa shape index (κ3) is 3.37. The molecule has 0 bridgehead atoms. The van der Waals surface area contributed by atoms with Gasteiger partial charge in [0.25, 0.3) is 6.43 Å². The third-order valence-corrected chi connectivity index (χ3v) is 2.21. The Labute approximate surface area is 95.8 Å². The molecule has 0 heterocycles. The first-order valence-electron chi connectivity index (χ1n) is 4.82. The predicted molar refractivity (Wildman–Crippen MR) is 53.9 cm³/mol. The SMILES string of the molecule is COc1c(F)cc(C(F)F)cc1CCC(=O)O. The lowest BCUT2D eigenvalue weighted by molar-refractivity contribution is -0.136. The minimum atomic E-state index is -2.81. The van der Waals surface area contributed by atoms with Crippen molar-refractivity contribution in [1.82, 2.24) is 0 Å². The molecular formula is C11H11F3O3. The fourth-order valence-electron chi connectivity index (χ4n) is 1.46. The maximum atomic E-state index is 13.4. The molecule has 0 unspecified atom stereocenters. The largest absolute Gasteiger partial charge is 0.493 e. The molecule has 0 fully saturated rings. The summed E-state index contributed by atoms with van der Waals surface area (Å²) < 4.78 is 43.0. The van der Waals surface area contributed by atoms with E-state index in [9.17, 15) is 18.0 Å². The Bertz CT molecular complexity index is 419. The van der Waals surface area contributed by atoms with Gasteiger partial charge in [-0.15, -0.1) is 0 Å². The van der Waals surface area contributed by atoms with E-state index in [2.05, 4.69) is 0 Å². The monoisotopic (exact) mass is 248 g/mol. The summed E-state index contributed by atoms with van der Waals surface area (Å²) in [6.45, 7) is 0. The van der Waals surface area contributed by atoms with Crippen LogP contribution in [0.4, 0.5) is 13.2 Å². The standard InChI is InChI=1S/C11H11F3O3/c1-17-10-6(2-3-9(15)16)4-7(11(13)14)5-8(10)12/h4-5,11H,2-3H2,1H3,(H,15,16). The van der Waals surface area contributed by atoms with E-state index < -0.39 is 23.8 Å². The van der Waals surface area contributed by atoms with Gasteiger partial charge in [-0.3, -0.25) is 4.79 Å². The van der Waals surface area contributed by atoms with Crippen molar-refractivity contribution in [2.45, 2.75) is 19.3 Å². The first-order chi connectivity index (χ1) is 7.95. The summed E-state index contributed by atoms with van der Waals surface area (Å²) in [6, 6.07) is 1.75. The number of benzene rings is 1. The highest BCUT2D eigenvalue weighted by Gasteiger charge is 2.17. The van der Waals surface area contributed by atoms with Crippen molar-refractivity contribution in [3.05, 3.63) is 29.1 Å². The number of aryl methyl sites for hydroxylation is 1. The van der Waals surface area contributed by atoms with E-state index in [0.717, 1.165) is 6.07 Å². The van der Waals surface area contributed by atoms with E-state index in [1.807, 2.05) is 0 Å². The molecule has 0 radical (unpaired) electrons. The number of halogens is 3. The van der Waals surface area contributed by atoms with Crippen LogP contribution in [-0.4, -0.2) is 18.2 Å². The highest BCUT2D eigenvalue weighted by atomic mass is 19.3. The van der Waals surface area contributed by atoms with Gasteiger partial charge in [-0.25, -0.2) is 13.2 Å². The number of methoxy groups -OCH3 is 1. The second-order valence-corrected chi connectivity index (χ2v) is 3.39. The Balaban J connectivity index is 3.09. The molecule has 6 heteroatoms. The zero-order chi connectivity index (χ0) is 13.0. The molecular weight excluding hydrogens is 237 g/mol. The molecule has 1 aromatic carbocycles. The highest BCUT2D eigenvalue weighted by molar-refractivity contribution is 5.67. The van der Waals surface area contributed by atoms with E-state index in [4.69, 9.17) is 9.84 Å². The van der Waals surface area contributed by atoms with Crippen LogP contribution in [0.5, 0.6) is 5.75 Å². The fraction of sp³-hybridized carbons (Fsp3) is 0.364. The summed E-state index contributed by atoms with van der Waals surface area (Å²) in [5, 5.41) is 8.50. The van der Waals surface area contributed by atoms with Crippen LogP contribution in [0.25, 0.3) is 0 Å². The Morgan fingerprint density at radius 2 is 2.12 bits per heavy atom. The van der Waals surface area contributed by atoms with Gasteiger partial charge < -0.3 is 9.84 Å². The average Bonchev–Trinajstić information content (AvgIpc) is 2.25. The zero-order valence-corrected chi connectivity index (χ0v) is 9.04. The maximum absolute atomic E-state index is 13.4. The van der Waals surface area contributed by atoms with Gasteiger partial charge in [-0.05, 0) is 24.1 Å². The van der Waals surface area contributed by atoms with Crippen LogP contribution >= 0.6 is 0 Å². The third-order valence-electron chi connectivity index (χ3n) is 2.21. The second-order valence-electron chi connectivity index (χ2n) is 3.39. The Morgan fingerprint density at radius 3 is 2.59 bits per heavy atom. The number of alkyl halides is 2. The summed E-state index contributed by atoms with van der Waals surface area (Å²) in [4.78, 5) is 10.4.